The van der Waals surface area contributed by atoms with Crippen LogP contribution in [0.25, 0.3) is 0 Å². The summed E-state index contributed by atoms with van der Waals surface area (Å²) in [4.78, 5) is 13.8. The number of hydrogen-bond donors (Lipinski definition) is 0. The van der Waals surface area contributed by atoms with Gasteiger partial charge in [-0.2, -0.15) is 0 Å². The zero-order chi connectivity index (χ0) is 14.7. The molecule has 2 aromatic rings. The SMILES string of the molecule is COc1ccc(C(=O)N(C)c2ccccc2C)c(F)c1. The fraction of sp³-hybridized carbons (Fsp3) is 0.188. The number of aryl methyl sites for hydroxylation is 1. The van der Waals surface area contributed by atoms with Crippen LogP contribution in [0, 0.1) is 12.7 Å². The fourth-order valence-electron chi connectivity index (χ4n) is 2.03. The third kappa shape index (κ3) is 2.64. The number of methoxy groups -OCH3 is 1. The number of anilines is 1. The lowest BCUT2D eigenvalue weighted by Crippen LogP contribution is -2.27. The number of nitrogens with zero attached hydrogens (tertiary/aromatic N) is 1. The lowest BCUT2D eigenvalue weighted by molar-refractivity contribution is 0.0989. The number of ether oxygens (including phenoxy) is 1. The highest BCUT2D eigenvalue weighted by Gasteiger charge is 2.18. The molecule has 20 heavy (non-hydrogen) atoms. The second-order valence-electron chi connectivity index (χ2n) is 4.50. The van der Waals surface area contributed by atoms with Crippen LogP contribution in [0.2, 0.25) is 0 Å². The number of hydrogen-bond acceptors (Lipinski definition) is 2. The van der Waals surface area contributed by atoms with Crippen molar-refractivity contribution in [3.8, 4) is 5.75 Å². The van der Waals surface area contributed by atoms with Crippen LogP contribution in [0.4, 0.5) is 10.1 Å². The van der Waals surface area contributed by atoms with Gasteiger partial charge in [-0.15, -0.1) is 0 Å². The van der Waals surface area contributed by atoms with Crippen molar-refractivity contribution in [3.63, 3.8) is 0 Å². The van der Waals surface area contributed by atoms with E-state index >= 15 is 0 Å². The van der Waals surface area contributed by atoms with Crippen LogP contribution in [0.1, 0.15) is 15.9 Å². The first-order chi connectivity index (χ1) is 9.54. The molecule has 0 aliphatic rings. The summed E-state index contributed by atoms with van der Waals surface area (Å²) in [5, 5.41) is 0. The Morgan fingerprint density at radius 2 is 1.90 bits per heavy atom. The Balaban J connectivity index is 2.34. The molecule has 0 atom stereocenters. The zero-order valence-electron chi connectivity index (χ0n) is 11.7. The quantitative estimate of drug-likeness (QED) is 0.857. The van der Waals surface area contributed by atoms with Crippen LogP contribution in [0.3, 0.4) is 0 Å². The van der Waals surface area contributed by atoms with Gasteiger partial charge in [-0.1, -0.05) is 18.2 Å². The Hall–Kier alpha value is -2.36. The molecule has 0 aliphatic heterocycles. The normalized spacial score (nSPS) is 10.2. The Labute approximate surface area is 117 Å². The smallest absolute Gasteiger partial charge is 0.260 e. The van der Waals surface area contributed by atoms with E-state index < -0.39 is 5.82 Å². The molecule has 4 heteroatoms. The van der Waals surface area contributed by atoms with Crippen molar-refractivity contribution in [3.05, 3.63) is 59.4 Å². The van der Waals surface area contributed by atoms with Crippen molar-refractivity contribution in [2.24, 2.45) is 0 Å². The topological polar surface area (TPSA) is 29.5 Å². The highest BCUT2D eigenvalue weighted by Crippen LogP contribution is 2.22. The van der Waals surface area contributed by atoms with Gasteiger partial charge in [-0.25, -0.2) is 4.39 Å². The third-order valence-electron chi connectivity index (χ3n) is 3.19. The van der Waals surface area contributed by atoms with Crippen LogP contribution in [0.15, 0.2) is 42.5 Å². The van der Waals surface area contributed by atoms with Crippen LogP contribution < -0.4 is 9.64 Å². The summed E-state index contributed by atoms with van der Waals surface area (Å²) in [6.45, 7) is 1.91. The van der Waals surface area contributed by atoms with Gasteiger partial charge in [-0.3, -0.25) is 4.79 Å². The second kappa shape index (κ2) is 5.74. The molecule has 0 unspecified atom stereocenters. The molecule has 0 saturated carbocycles. The van der Waals surface area contributed by atoms with Crippen molar-refractivity contribution >= 4 is 11.6 Å². The van der Waals surface area contributed by atoms with Crippen LogP contribution in [-0.4, -0.2) is 20.1 Å². The first-order valence-electron chi connectivity index (χ1n) is 6.22. The average Bonchev–Trinajstić information content (AvgIpc) is 2.46. The molecule has 0 fully saturated rings. The fourth-order valence-corrected chi connectivity index (χ4v) is 2.03. The molecule has 0 spiro atoms. The number of halogens is 1. The van der Waals surface area contributed by atoms with E-state index in [1.165, 1.54) is 24.1 Å². The van der Waals surface area contributed by atoms with Gasteiger partial charge >= 0.3 is 0 Å². The van der Waals surface area contributed by atoms with E-state index in [0.717, 1.165) is 11.3 Å². The molecule has 2 rings (SSSR count). The van der Waals surface area contributed by atoms with Gasteiger partial charge in [0.2, 0.25) is 0 Å². The van der Waals surface area contributed by atoms with Crippen molar-refractivity contribution in [2.75, 3.05) is 19.1 Å². The van der Waals surface area contributed by atoms with Gasteiger partial charge < -0.3 is 9.64 Å². The summed E-state index contributed by atoms with van der Waals surface area (Å²) >= 11 is 0. The standard InChI is InChI=1S/C16H16FNO2/c1-11-6-4-5-7-15(11)18(2)16(19)13-9-8-12(20-3)10-14(13)17/h4-10H,1-3H3. The van der Waals surface area contributed by atoms with Gasteiger partial charge in [0.1, 0.15) is 11.6 Å². The predicted octanol–water partition coefficient (Wildman–Crippen LogP) is 3.42. The maximum Gasteiger partial charge on any atom is 0.260 e. The number of rotatable bonds is 3. The van der Waals surface area contributed by atoms with Crippen molar-refractivity contribution in [1.82, 2.24) is 0 Å². The molecule has 0 N–H and O–H groups in total. The lowest BCUT2D eigenvalue weighted by atomic mass is 10.1. The largest absolute Gasteiger partial charge is 0.497 e. The van der Waals surface area contributed by atoms with E-state index in [9.17, 15) is 9.18 Å². The number of amides is 1. The summed E-state index contributed by atoms with van der Waals surface area (Å²) in [6, 6.07) is 11.7. The van der Waals surface area contributed by atoms with Gasteiger partial charge in [0, 0.05) is 18.8 Å². The van der Waals surface area contributed by atoms with E-state index in [1.54, 1.807) is 13.1 Å². The monoisotopic (exact) mass is 273 g/mol. The molecule has 1 amide bonds. The van der Waals surface area contributed by atoms with Gasteiger partial charge in [-0.05, 0) is 30.7 Å². The zero-order valence-corrected chi connectivity index (χ0v) is 11.7. The molecule has 104 valence electrons. The molecule has 3 nitrogen and oxygen atoms in total. The van der Waals surface area contributed by atoms with Gasteiger partial charge in [0.15, 0.2) is 0 Å². The minimum atomic E-state index is -0.588. The first-order valence-corrected chi connectivity index (χ1v) is 6.22. The molecule has 0 saturated heterocycles. The summed E-state index contributed by atoms with van der Waals surface area (Å²) < 4.78 is 18.9. The van der Waals surface area contributed by atoms with E-state index in [-0.39, 0.29) is 11.5 Å². The lowest BCUT2D eigenvalue weighted by Gasteiger charge is -2.20. The van der Waals surface area contributed by atoms with E-state index in [4.69, 9.17) is 4.74 Å². The maximum absolute atomic E-state index is 13.9. The Morgan fingerprint density at radius 1 is 1.20 bits per heavy atom. The molecule has 0 bridgehead atoms. The van der Waals surface area contributed by atoms with Crippen molar-refractivity contribution in [1.29, 1.82) is 0 Å². The number of para-hydroxylation sites is 1. The average molecular weight is 273 g/mol. The Bertz CT molecular complexity index is 640. The Morgan fingerprint density at radius 3 is 2.50 bits per heavy atom. The van der Waals surface area contributed by atoms with Crippen LogP contribution in [-0.2, 0) is 0 Å². The minimum absolute atomic E-state index is 0.0246. The maximum atomic E-state index is 13.9. The van der Waals surface area contributed by atoms with Crippen molar-refractivity contribution < 1.29 is 13.9 Å². The molecular formula is C16H16FNO2. The number of benzene rings is 2. The molecule has 0 aromatic heterocycles. The van der Waals surface area contributed by atoms with E-state index in [1.807, 2.05) is 31.2 Å². The predicted molar refractivity (Wildman–Crippen MR) is 76.9 cm³/mol. The highest BCUT2D eigenvalue weighted by atomic mass is 19.1. The van der Waals surface area contributed by atoms with E-state index in [0.29, 0.717) is 5.75 Å². The van der Waals surface area contributed by atoms with Crippen LogP contribution in [0.5, 0.6) is 5.75 Å². The number of carbonyl (C=O) groups is 1. The van der Waals surface area contributed by atoms with Crippen LogP contribution >= 0.6 is 0 Å². The molecule has 0 heterocycles. The summed E-state index contributed by atoms with van der Waals surface area (Å²) in [5.74, 6) is -0.591. The molecule has 0 radical (unpaired) electrons. The minimum Gasteiger partial charge on any atom is -0.497 e. The molecule has 2 aromatic carbocycles. The van der Waals surface area contributed by atoms with Gasteiger partial charge in [0.05, 0.1) is 12.7 Å². The second-order valence-corrected chi connectivity index (χ2v) is 4.50. The summed E-state index contributed by atoms with van der Waals surface area (Å²) in [6.07, 6.45) is 0. The van der Waals surface area contributed by atoms with Crippen molar-refractivity contribution in [2.45, 2.75) is 6.92 Å². The number of carbonyl (C=O) groups excluding carboxylic acids is 1. The molecule has 0 aliphatic carbocycles. The first kappa shape index (κ1) is 14.1. The Kier molecular flexibility index (Phi) is 4.03. The summed E-state index contributed by atoms with van der Waals surface area (Å²) in [7, 11) is 3.09. The highest BCUT2D eigenvalue weighted by molar-refractivity contribution is 6.06. The summed E-state index contributed by atoms with van der Waals surface area (Å²) in [5.41, 5.74) is 1.74. The van der Waals surface area contributed by atoms with Gasteiger partial charge in [0.25, 0.3) is 5.91 Å². The molecular weight excluding hydrogens is 257 g/mol. The van der Waals surface area contributed by atoms with E-state index in [2.05, 4.69) is 0 Å². The third-order valence-corrected chi connectivity index (χ3v) is 3.19.